The Morgan fingerprint density at radius 3 is 2.50 bits per heavy atom. The van der Waals surface area contributed by atoms with Crippen molar-refractivity contribution in [3.05, 3.63) is 23.3 Å². The minimum atomic E-state index is -3.20. The number of esters is 1. The van der Waals surface area contributed by atoms with Crippen molar-refractivity contribution >= 4 is 29.4 Å². The maximum Gasteiger partial charge on any atom is 0.375 e. The largest absolute Gasteiger partial charge is 0.475 e. The molecule has 12 heteroatoms. The van der Waals surface area contributed by atoms with Crippen LogP contribution in [-0.4, -0.2) is 90.0 Å². The van der Waals surface area contributed by atoms with Crippen LogP contribution >= 0.6 is 0 Å². The SMILES string of the molecule is CCC(=O)NCCN1C(=O)C2(CCC2)Oc2cc(C)c(C(=O)N(C(C)C)[C@@H]3CCCN(C(C)OC(=O)C(F)F)C3)cc21. The smallest absolute Gasteiger partial charge is 0.375 e. The Morgan fingerprint density at radius 2 is 1.90 bits per heavy atom. The predicted octanol–water partition coefficient (Wildman–Crippen LogP) is 3.64. The van der Waals surface area contributed by atoms with Gasteiger partial charge in [0.25, 0.3) is 11.8 Å². The molecule has 0 radical (unpaired) electrons. The summed E-state index contributed by atoms with van der Waals surface area (Å²) < 4.78 is 36.7. The van der Waals surface area contributed by atoms with Gasteiger partial charge >= 0.3 is 12.4 Å². The highest BCUT2D eigenvalue weighted by Gasteiger charge is 2.52. The molecule has 2 heterocycles. The van der Waals surface area contributed by atoms with E-state index in [0.717, 1.165) is 6.42 Å². The zero-order valence-corrected chi connectivity index (χ0v) is 25.1. The Hall–Kier alpha value is -3.28. The van der Waals surface area contributed by atoms with Gasteiger partial charge in [-0.3, -0.25) is 19.3 Å². The molecule has 1 saturated carbocycles. The Labute approximate surface area is 245 Å². The number of hydrogen-bond acceptors (Lipinski definition) is 7. The fourth-order valence-electron chi connectivity index (χ4n) is 6.07. The van der Waals surface area contributed by atoms with E-state index in [-0.39, 0.29) is 42.9 Å². The van der Waals surface area contributed by atoms with Crippen LogP contribution in [0.1, 0.15) is 82.1 Å². The molecule has 3 amide bonds. The van der Waals surface area contributed by atoms with Crippen molar-refractivity contribution in [2.45, 2.75) is 103 Å². The van der Waals surface area contributed by atoms with Gasteiger partial charge in [0.05, 0.1) is 5.69 Å². The number of carbonyl (C=O) groups is 4. The van der Waals surface area contributed by atoms with Crippen molar-refractivity contribution in [1.82, 2.24) is 15.1 Å². The third kappa shape index (κ3) is 6.38. The number of ether oxygens (including phenoxy) is 2. The Kier molecular flexibility index (Phi) is 9.74. The van der Waals surface area contributed by atoms with Crippen LogP contribution in [0.5, 0.6) is 5.75 Å². The molecule has 1 saturated heterocycles. The molecule has 4 rings (SSSR count). The molecule has 0 bridgehead atoms. The highest BCUT2D eigenvalue weighted by atomic mass is 19.3. The lowest BCUT2D eigenvalue weighted by atomic mass is 9.77. The molecule has 0 aromatic heterocycles. The third-order valence-corrected chi connectivity index (χ3v) is 8.50. The lowest BCUT2D eigenvalue weighted by Crippen LogP contribution is -2.61. The first-order chi connectivity index (χ1) is 19.9. The highest BCUT2D eigenvalue weighted by Crippen LogP contribution is 2.47. The molecule has 1 N–H and O–H groups in total. The number of fused-ring (bicyclic) bond motifs is 1. The average Bonchev–Trinajstić information content (AvgIpc) is 2.92. The number of carbonyl (C=O) groups excluding carboxylic acids is 4. The Bertz CT molecular complexity index is 1200. The molecule has 10 nitrogen and oxygen atoms in total. The maximum atomic E-state index is 14.2. The average molecular weight is 593 g/mol. The van der Waals surface area contributed by atoms with E-state index in [1.165, 1.54) is 0 Å². The summed E-state index contributed by atoms with van der Waals surface area (Å²) in [6.45, 7) is 10.4. The van der Waals surface area contributed by atoms with Gasteiger partial charge in [-0.2, -0.15) is 8.78 Å². The van der Waals surface area contributed by atoms with Crippen molar-refractivity contribution in [2.75, 3.05) is 31.1 Å². The number of nitrogens with one attached hydrogen (secondary N) is 1. The molecule has 1 unspecified atom stereocenters. The number of piperidine rings is 1. The molecule has 232 valence electrons. The van der Waals surface area contributed by atoms with E-state index in [4.69, 9.17) is 9.47 Å². The number of amides is 3. The van der Waals surface area contributed by atoms with Crippen molar-refractivity contribution < 1.29 is 37.4 Å². The van der Waals surface area contributed by atoms with Crippen LogP contribution in [0.4, 0.5) is 14.5 Å². The minimum Gasteiger partial charge on any atom is -0.475 e. The van der Waals surface area contributed by atoms with E-state index in [9.17, 15) is 28.0 Å². The van der Waals surface area contributed by atoms with Crippen LogP contribution in [-0.2, 0) is 19.1 Å². The van der Waals surface area contributed by atoms with Crippen LogP contribution < -0.4 is 15.0 Å². The van der Waals surface area contributed by atoms with Gasteiger partial charge in [-0.1, -0.05) is 6.92 Å². The molecule has 3 aliphatic rings. The number of anilines is 1. The first-order valence-corrected chi connectivity index (χ1v) is 14.9. The molecule has 2 aliphatic heterocycles. The number of alkyl halides is 2. The first kappa shape index (κ1) is 31.7. The molecular weight excluding hydrogens is 550 g/mol. The van der Waals surface area contributed by atoms with Crippen LogP contribution in [0.3, 0.4) is 0 Å². The molecule has 1 aromatic carbocycles. The van der Waals surface area contributed by atoms with Gasteiger partial charge in [-0.25, -0.2) is 4.79 Å². The second kappa shape index (κ2) is 12.9. The summed E-state index contributed by atoms with van der Waals surface area (Å²) in [5.74, 6) is -1.51. The Morgan fingerprint density at radius 1 is 1.19 bits per heavy atom. The lowest BCUT2D eigenvalue weighted by Gasteiger charge is -2.47. The van der Waals surface area contributed by atoms with Crippen LogP contribution in [0.15, 0.2) is 12.1 Å². The zero-order chi connectivity index (χ0) is 30.8. The fourth-order valence-corrected chi connectivity index (χ4v) is 6.07. The molecule has 1 aromatic rings. The van der Waals surface area contributed by atoms with Crippen LogP contribution in [0, 0.1) is 6.92 Å². The number of rotatable bonds is 10. The number of likely N-dealkylation sites (tertiary alicyclic amines) is 1. The number of benzene rings is 1. The standard InChI is InChI=1S/C30H42F2N4O6/c1-6-25(37)33-12-14-35-23-16-22(19(4)15-24(23)42-30(29(35)40)10-8-11-30)27(38)36(18(2)3)21-9-7-13-34(17-21)20(5)41-28(39)26(31)32/h15-16,18,20-21,26H,6-14,17H2,1-5H3,(H,33,37)/t20?,21-/m1/s1. The quantitative estimate of drug-likeness (QED) is 0.414. The third-order valence-electron chi connectivity index (χ3n) is 8.50. The summed E-state index contributed by atoms with van der Waals surface area (Å²) in [7, 11) is 0. The van der Waals surface area contributed by atoms with Gasteiger partial charge in [-0.15, -0.1) is 0 Å². The summed E-state index contributed by atoms with van der Waals surface area (Å²) in [6, 6.07) is 3.09. The summed E-state index contributed by atoms with van der Waals surface area (Å²) in [6.07, 6.45) is -0.194. The summed E-state index contributed by atoms with van der Waals surface area (Å²) in [5, 5.41) is 2.82. The second-order valence-electron chi connectivity index (χ2n) is 11.7. The topological polar surface area (TPSA) is 108 Å². The molecule has 1 aliphatic carbocycles. The van der Waals surface area contributed by atoms with E-state index in [1.807, 2.05) is 26.8 Å². The normalized spacial score (nSPS) is 20.5. The van der Waals surface area contributed by atoms with Crippen LogP contribution in [0.25, 0.3) is 0 Å². The number of nitrogens with zero attached hydrogens (tertiary/aromatic N) is 3. The van der Waals surface area contributed by atoms with E-state index < -0.39 is 24.2 Å². The van der Waals surface area contributed by atoms with Gasteiger partial charge in [0, 0.05) is 50.2 Å². The summed E-state index contributed by atoms with van der Waals surface area (Å²) in [4.78, 5) is 56.3. The van der Waals surface area contributed by atoms with Crippen molar-refractivity contribution in [1.29, 1.82) is 0 Å². The molecule has 1 spiro atoms. The number of hydrogen-bond donors (Lipinski definition) is 1. The lowest BCUT2D eigenvalue weighted by molar-refractivity contribution is -0.172. The first-order valence-electron chi connectivity index (χ1n) is 14.9. The molecule has 2 fully saturated rings. The maximum absolute atomic E-state index is 14.2. The van der Waals surface area contributed by atoms with Crippen molar-refractivity contribution in [2.24, 2.45) is 0 Å². The summed E-state index contributed by atoms with van der Waals surface area (Å²) in [5.41, 5.74) is 0.734. The highest BCUT2D eigenvalue weighted by molar-refractivity contribution is 6.05. The van der Waals surface area contributed by atoms with Gasteiger partial charge in [0.15, 0.2) is 11.8 Å². The van der Waals surface area contributed by atoms with E-state index in [2.05, 4.69) is 5.32 Å². The molecular formula is C30H42F2N4O6. The van der Waals surface area contributed by atoms with Gasteiger partial charge in [-0.05, 0) is 77.5 Å². The van der Waals surface area contributed by atoms with E-state index in [0.29, 0.717) is 67.8 Å². The van der Waals surface area contributed by atoms with Gasteiger partial charge in [0.2, 0.25) is 5.91 Å². The van der Waals surface area contributed by atoms with Gasteiger partial charge < -0.3 is 24.6 Å². The fraction of sp³-hybridized carbons (Fsp3) is 0.667. The van der Waals surface area contributed by atoms with Crippen LogP contribution in [0.2, 0.25) is 0 Å². The number of aryl methyl sites for hydroxylation is 1. The Balaban J connectivity index is 1.60. The van der Waals surface area contributed by atoms with E-state index in [1.54, 1.807) is 34.6 Å². The van der Waals surface area contributed by atoms with Crippen molar-refractivity contribution in [3.8, 4) is 5.75 Å². The monoisotopic (exact) mass is 592 g/mol. The number of halogens is 2. The second-order valence-corrected chi connectivity index (χ2v) is 11.7. The molecule has 2 atom stereocenters. The van der Waals surface area contributed by atoms with Crippen molar-refractivity contribution in [3.63, 3.8) is 0 Å². The zero-order valence-electron chi connectivity index (χ0n) is 25.1. The summed E-state index contributed by atoms with van der Waals surface area (Å²) >= 11 is 0. The molecule has 42 heavy (non-hydrogen) atoms. The van der Waals surface area contributed by atoms with E-state index >= 15 is 0 Å². The minimum absolute atomic E-state index is 0.110. The predicted molar refractivity (Wildman–Crippen MR) is 152 cm³/mol. The van der Waals surface area contributed by atoms with Gasteiger partial charge in [0.1, 0.15) is 5.75 Å².